The maximum absolute atomic E-state index is 11.9. The summed E-state index contributed by atoms with van der Waals surface area (Å²) in [5.74, 6) is -0.498. The van der Waals surface area contributed by atoms with E-state index in [2.05, 4.69) is 5.10 Å². The van der Waals surface area contributed by atoms with Gasteiger partial charge in [-0.1, -0.05) is 12.1 Å². The summed E-state index contributed by atoms with van der Waals surface area (Å²) >= 11 is 0. The smallest absolute Gasteiger partial charge is 0.341 e. The van der Waals surface area contributed by atoms with Crippen molar-refractivity contribution in [1.82, 2.24) is 9.78 Å². The van der Waals surface area contributed by atoms with Crippen molar-refractivity contribution in [2.24, 2.45) is 7.05 Å². The van der Waals surface area contributed by atoms with Crippen LogP contribution in [0.25, 0.3) is 11.3 Å². The van der Waals surface area contributed by atoms with E-state index >= 15 is 0 Å². The number of carbonyl (C=O) groups excluding carboxylic acids is 1. The standard InChI is InChI=1S/C13H13N3O4/c1-3-20-13(17)11-8-15(2)14-12(11)9-5-4-6-10(7-9)16(18)19/h4-8H,3H2,1-2H3. The minimum Gasteiger partial charge on any atom is -0.462 e. The van der Waals surface area contributed by atoms with E-state index in [0.717, 1.165) is 0 Å². The van der Waals surface area contributed by atoms with Crippen molar-refractivity contribution < 1.29 is 14.5 Å². The number of nitro benzene ring substituents is 1. The van der Waals surface area contributed by atoms with Crippen LogP contribution in [0.5, 0.6) is 0 Å². The third-order valence-corrected chi connectivity index (χ3v) is 2.65. The molecule has 0 amide bonds. The summed E-state index contributed by atoms with van der Waals surface area (Å²) in [5, 5.41) is 15.0. The third kappa shape index (κ3) is 2.66. The van der Waals surface area contributed by atoms with Crippen LogP contribution in [-0.4, -0.2) is 27.3 Å². The summed E-state index contributed by atoms with van der Waals surface area (Å²) in [6.07, 6.45) is 1.53. The van der Waals surface area contributed by atoms with Crippen molar-refractivity contribution in [2.45, 2.75) is 6.92 Å². The predicted octanol–water partition coefficient (Wildman–Crippen LogP) is 2.17. The molecule has 0 saturated heterocycles. The Morgan fingerprint density at radius 3 is 2.90 bits per heavy atom. The van der Waals surface area contributed by atoms with Gasteiger partial charge in [-0.05, 0) is 6.92 Å². The third-order valence-electron chi connectivity index (χ3n) is 2.65. The second-order valence-corrected chi connectivity index (χ2v) is 4.09. The number of ether oxygens (including phenoxy) is 1. The molecule has 0 aliphatic carbocycles. The summed E-state index contributed by atoms with van der Waals surface area (Å²) in [6, 6.07) is 5.98. The summed E-state index contributed by atoms with van der Waals surface area (Å²) < 4.78 is 6.43. The molecule has 0 aliphatic rings. The molecular formula is C13H13N3O4. The number of benzene rings is 1. The van der Waals surface area contributed by atoms with E-state index in [1.54, 1.807) is 26.1 Å². The molecule has 20 heavy (non-hydrogen) atoms. The summed E-state index contributed by atoms with van der Waals surface area (Å²) in [6.45, 7) is 1.96. The minimum absolute atomic E-state index is 0.0528. The number of rotatable bonds is 4. The van der Waals surface area contributed by atoms with Crippen molar-refractivity contribution in [3.63, 3.8) is 0 Å². The van der Waals surface area contributed by atoms with E-state index in [9.17, 15) is 14.9 Å². The number of esters is 1. The van der Waals surface area contributed by atoms with Crippen LogP contribution in [0.15, 0.2) is 30.5 Å². The normalized spacial score (nSPS) is 10.3. The van der Waals surface area contributed by atoms with Gasteiger partial charge < -0.3 is 4.74 Å². The molecule has 0 saturated carbocycles. The first-order valence-electron chi connectivity index (χ1n) is 5.98. The number of carbonyl (C=O) groups is 1. The molecule has 7 nitrogen and oxygen atoms in total. The van der Waals surface area contributed by atoms with Gasteiger partial charge in [-0.2, -0.15) is 5.10 Å². The first kappa shape index (κ1) is 13.7. The van der Waals surface area contributed by atoms with Gasteiger partial charge in [0, 0.05) is 30.9 Å². The minimum atomic E-state index is -0.498. The van der Waals surface area contributed by atoms with Crippen molar-refractivity contribution in [2.75, 3.05) is 6.61 Å². The number of hydrogen-bond acceptors (Lipinski definition) is 5. The maximum Gasteiger partial charge on any atom is 0.341 e. The van der Waals surface area contributed by atoms with Crippen LogP contribution >= 0.6 is 0 Å². The van der Waals surface area contributed by atoms with E-state index in [4.69, 9.17) is 4.74 Å². The van der Waals surface area contributed by atoms with Crippen LogP contribution in [0.3, 0.4) is 0 Å². The number of hydrogen-bond donors (Lipinski definition) is 0. The van der Waals surface area contributed by atoms with Crippen molar-refractivity contribution in [3.05, 3.63) is 46.1 Å². The monoisotopic (exact) mass is 275 g/mol. The van der Waals surface area contributed by atoms with Gasteiger partial charge in [-0.15, -0.1) is 0 Å². The van der Waals surface area contributed by atoms with Gasteiger partial charge >= 0.3 is 5.97 Å². The lowest BCUT2D eigenvalue weighted by atomic mass is 10.1. The fraction of sp³-hybridized carbons (Fsp3) is 0.231. The number of non-ortho nitro benzene ring substituents is 1. The number of aryl methyl sites for hydroxylation is 1. The summed E-state index contributed by atoms with van der Waals surface area (Å²) in [5.41, 5.74) is 1.11. The van der Waals surface area contributed by atoms with Gasteiger partial charge in [0.2, 0.25) is 0 Å². The average Bonchev–Trinajstić information content (AvgIpc) is 2.81. The predicted molar refractivity (Wildman–Crippen MR) is 71.3 cm³/mol. The summed E-state index contributed by atoms with van der Waals surface area (Å²) in [7, 11) is 1.67. The van der Waals surface area contributed by atoms with Gasteiger partial charge in [-0.25, -0.2) is 4.79 Å². The van der Waals surface area contributed by atoms with Gasteiger partial charge in [0.05, 0.1) is 11.5 Å². The highest BCUT2D eigenvalue weighted by molar-refractivity contribution is 5.96. The molecule has 0 atom stereocenters. The number of nitrogens with zero attached hydrogens (tertiary/aromatic N) is 3. The molecule has 0 unspecified atom stereocenters. The van der Waals surface area contributed by atoms with Crippen molar-refractivity contribution in [3.8, 4) is 11.3 Å². The van der Waals surface area contributed by atoms with Crippen LogP contribution in [0.4, 0.5) is 5.69 Å². The molecule has 0 bridgehead atoms. The Balaban J connectivity index is 2.49. The first-order chi connectivity index (χ1) is 9.52. The largest absolute Gasteiger partial charge is 0.462 e. The lowest BCUT2D eigenvalue weighted by Gasteiger charge is -2.02. The van der Waals surface area contributed by atoms with Gasteiger partial charge in [0.1, 0.15) is 11.3 Å². The maximum atomic E-state index is 11.9. The lowest BCUT2D eigenvalue weighted by Crippen LogP contribution is -2.05. The van der Waals surface area contributed by atoms with Crippen LogP contribution in [0, 0.1) is 10.1 Å². The highest BCUT2D eigenvalue weighted by atomic mass is 16.6. The van der Waals surface area contributed by atoms with Crippen LogP contribution < -0.4 is 0 Å². The molecule has 2 aromatic rings. The Bertz CT molecular complexity index is 663. The van der Waals surface area contributed by atoms with Crippen LogP contribution in [0.2, 0.25) is 0 Å². The van der Waals surface area contributed by atoms with E-state index in [-0.39, 0.29) is 17.9 Å². The van der Waals surface area contributed by atoms with Gasteiger partial charge in [0.15, 0.2) is 0 Å². The van der Waals surface area contributed by atoms with Crippen molar-refractivity contribution >= 4 is 11.7 Å². The molecule has 104 valence electrons. The summed E-state index contributed by atoms with van der Waals surface area (Å²) in [4.78, 5) is 22.2. The molecule has 0 fully saturated rings. The Hall–Kier alpha value is -2.70. The van der Waals surface area contributed by atoms with Gasteiger partial charge in [-0.3, -0.25) is 14.8 Å². The molecule has 7 heteroatoms. The zero-order valence-electron chi connectivity index (χ0n) is 11.1. The molecule has 0 spiro atoms. The number of aromatic nitrogens is 2. The van der Waals surface area contributed by atoms with E-state index in [1.807, 2.05) is 0 Å². The molecular weight excluding hydrogens is 262 g/mol. The molecule has 0 radical (unpaired) electrons. The van der Waals surface area contributed by atoms with E-state index < -0.39 is 10.9 Å². The Morgan fingerprint density at radius 1 is 1.50 bits per heavy atom. The fourth-order valence-electron chi connectivity index (χ4n) is 1.83. The highest BCUT2D eigenvalue weighted by Crippen LogP contribution is 2.26. The lowest BCUT2D eigenvalue weighted by molar-refractivity contribution is -0.384. The Labute approximate surface area is 114 Å². The van der Waals surface area contributed by atoms with Crippen molar-refractivity contribution in [1.29, 1.82) is 0 Å². The SMILES string of the molecule is CCOC(=O)c1cn(C)nc1-c1cccc([N+](=O)[O-])c1. The molecule has 0 N–H and O–H groups in total. The fourth-order valence-corrected chi connectivity index (χ4v) is 1.83. The second-order valence-electron chi connectivity index (χ2n) is 4.09. The zero-order valence-corrected chi connectivity index (χ0v) is 11.1. The molecule has 1 aromatic carbocycles. The Kier molecular flexibility index (Phi) is 3.79. The highest BCUT2D eigenvalue weighted by Gasteiger charge is 2.19. The first-order valence-corrected chi connectivity index (χ1v) is 5.98. The van der Waals surface area contributed by atoms with E-state index in [1.165, 1.54) is 23.0 Å². The molecule has 1 heterocycles. The van der Waals surface area contributed by atoms with Gasteiger partial charge in [0.25, 0.3) is 5.69 Å². The molecule has 0 aliphatic heterocycles. The van der Waals surface area contributed by atoms with E-state index in [0.29, 0.717) is 11.3 Å². The molecule has 1 aromatic heterocycles. The molecule has 2 rings (SSSR count). The average molecular weight is 275 g/mol. The Morgan fingerprint density at radius 2 is 2.25 bits per heavy atom. The number of nitro groups is 1. The van der Waals surface area contributed by atoms with Crippen LogP contribution in [0.1, 0.15) is 17.3 Å². The quantitative estimate of drug-likeness (QED) is 0.485. The van der Waals surface area contributed by atoms with Crippen LogP contribution in [-0.2, 0) is 11.8 Å². The second kappa shape index (κ2) is 5.52. The zero-order chi connectivity index (χ0) is 14.7. The topological polar surface area (TPSA) is 87.3 Å².